The lowest BCUT2D eigenvalue weighted by atomic mass is 10.1. The zero-order chi connectivity index (χ0) is 10.0. The van der Waals surface area contributed by atoms with Crippen LogP contribution in [0.5, 0.6) is 0 Å². The second-order valence-corrected chi connectivity index (χ2v) is 3.29. The number of benzene rings is 1. The molecule has 1 aromatic carbocycles. The van der Waals surface area contributed by atoms with Crippen LogP contribution in [-0.2, 0) is 0 Å². The minimum atomic E-state index is -0.955. The molecule has 68 valence electrons. The number of rotatable bonds is 1. The molecule has 0 spiro atoms. The first kappa shape index (κ1) is 10.2. The highest BCUT2D eigenvalue weighted by Crippen LogP contribution is 2.24. The van der Waals surface area contributed by atoms with Gasteiger partial charge in [0, 0.05) is 4.47 Å². The summed E-state index contributed by atoms with van der Waals surface area (Å²) in [5, 5.41) is 0. The Balaban J connectivity index is 3.25. The molecule has 0 saturated heterocycles. The minimum Gasteiger partial charge on any atom is -0.314 e. The van der Waals surface area contributed by atoms with Gasteiger partial charge in [-0.05, 0) is 17.7 Å². The molecule has 4 heteroatoms. The van der Waals surface area contributed by atoms with Crippen molar-refractivity contribution in [2.24, 2.45) is 5.73 Å². The van der Waals surface area contributed by atoms with Gasteiger partial charge in [0.05, 0.1) is 6.04 Å². The second-order valence-electron chi connectivity index (χ2n) is 2.43. The van der Waals surface area contributed by atoms with Crippen LogP contribution in [0.25, 0.3) is 0 Å². The van der Waals surface area contributed by atoms with E-state index in [0.29, 0.717) is 10.0 Å². The number of halogens is 3. The quantitative estimate of drug-likeness (QED) is 0.597. The van der Waals surface area contributed by atoms with Crippen molar-refractivity contribution in [3.63, 3.8) is 0 Å². The zero-order valence-electron chi connectivity index (χ0n) is 6.52. The van der Waals surface area contributed by atoms with Crippen molar-refractivity contribution in [1.82, 2.24) is 0 Å². The fraction of sp³-hybridized carbons (Fsp3) is 0.111. The summed E-state index contributed by atoms with van der Waals surface area (Å²) in [6.45, 7) is 0. The molecule has 1 nitrogen and oxygen atoms in total. The Bertz CT molecular complexity index is 371. The Morgan fingerprint density at radius 1 is 1.38 bits per heavy atom. The standard InChI is InChI=1S/C9H6BrF2N/c1-2-9(13)5-3-7(11)8(12)4-6(5)10/h1,3-4,9H,13H2. The third kappa shape index (κ3) is 2.06. The van der Waals surface area contributed by atoms with Crippen molar-refractivity contribution in [3.05, 3.63) is 33.8 Å². The lowest BCUT2D eigenvalue weighted by Gasteiger charge is -2.07. The van der Waals surface area contributed by atoms with E-state index < -0.39 is 17.7 Å². The van der Waals surface area contributed by atoms with Gasteiger partial charge in [-0.15, -0.1) is 6.42 Å². The molecule has 0 amide bonds. The van der Waals surface area contributed by atoms with Crippen molar-refractivity contribution >= 4 is 15.9 Å². The van der Waals surface area contributed by atoms with Crippen molar-refractivity contribution in [2.45, 2.75) is 6.04 Å². The van der Waals surface area contributed by atoms with Gasteiger partial charge in [0.15, 0.2) is 11.6 Å². The summed E-state index contributed by atoms with van der Waals surface area (Å²) >= 11 is 3.04. The van der Waals surface area contributed by atoms with E-state index in [9.17, 15) is 8.78 Å². The van der Waals surface area contributed by atoms with Crippen LogP contribution in [0.4, 0.5) is 8.78 Å². The van der Waals surface area contributed by atoms with Gasteiger partial charge in [-0.2, -0.15) is 0 Å². The largest absolute Gasteiger partial charge is 0.314 e. The van der Waals surface area contributed by atoms with Crippen molar-refractivity contribution < 1.29 is 8.78 Å². The molecule has 1 unspecified atom stereocenters. The van der Waals surface area contributed by atoms with Crippen molar-refractivity contribution in [1.29, 1.82) is 0 Å². The van der Waals surface area contributed by atoms with Gasteiger partial charge in [-0.1, -0.05) is 21.9 Å². The molecule has 2 N–H and O–H groups in total. The third-order valence-corrected chi connectivity index (χ3v) is 2.24. The average Bonchev–Trinajstić information content (AvgIpc) is 2.10. The SMILES string of the molecule is C#CC(N)c1cc(F)c(F)cc1Br. The predicted octanol–water partition coefficient (Wildman–Crippen LogP) is 2.36. The van der Waals surface area contributed by atoms with Crippen LogP contribution >= 0.6 is 15.9 Å². The van der Waals surface area contributed by atoms with E-state index in [1.54, 1.807) is 0 Å². The Kier molecular flexibility index (Phi) is 3.02. The first-order valence-corrected chi connectivity index (χ1v) is 4.21. The van der Waals surface area contributed by atoms with Gasteiger partial charge in [0.1, 0.15) is 0 Å². The summed E-state index contributed by atoms with van der Waals surface area (Å²) in [7, 11) is 0. The first-order chi connectivity index (χ1) is 6.06. The van der Waals surface area contributed by atoms with Gasteiger partial charge in [0.25, 0.3) is 0 Å². The minimum absolute atomic E-state index is 0.362. The molecule has 0 aliphatic carbocycles. The van der Waals surface area contributed by atoms with Gasteiger partial charge < -0.3 is 5.73 Å². The molecule has 1 atom stereocenters. The molecule has 0 fully saturated rings. The van der Waals surface area contributed by atoms with E-state index >= 15 is 0 Å². The Morgan fingerprint density at radius 3 is 2.46 bits per heavy atom. The summed E-state index contributed by atoms with van der Waals surface area (Å²) in [5.74, 6) is 0.342. The van der Waals surface area contributed by atoms with Crippen LogP contribution in [0.2, 0.25) is 0 Å². The fourth-order valence-electron chi connectivity index (χ4n) is 0.866. The van der Waals surface area contributed by atoms with Crippen molar-refractivity contribution in [2.75, 3.05) is 0 Å². The average molecular weight is 246 g/mol. The van der Waals surface area contributed by atoms with Gasteiger partial charge in [-0.25, -0.2) is 8.78 Å². The topological polar surface area (TPSA) is 26.0 Å². The summed E-state index contributed by atoms with van der Waals surface area (Å²) in [6.07, 6.45) is 5.05. The molecule has 1 rings (SSSR count). The van der Waals surface area contributed by atoms with E-state index in [0.717, 1.165) is 12.1 Å². The number of terminal acetylenes is 1. The van der Waals surface area contributed by atoms with Crippen LogP contribution < -0.4 is 5.73 Å². The predicted molar refractivity (Wildman–Crippen MR) is 49.8 cm³/mol. The van der Waals surface area contributed by atoms with Crippen molar-refractivity contribution in [3.8, 4) is 12.3 Å². The third-order valence-electron chi connectivity index (χ3n) is 1.55. The molecular formula is C9H6BrF2N. The highest BCUT2D eigenvalue weighted by atomic mass is 79.9. The van der Waals surface area contributed by atoms with Crippen LogP contribution in [0.1, 0.15) is 11.6 Å². The molecule has 13 heavy (non-hydrogen) atoms. The van der Waals surface area contributed by atoms with Gasteiger partial charge in [0.2, 0.25) is 0 Å². The Hall–Kier alpha value is -0.920. The summed E-state index contributed by atoms with van der Waals surface area (Å²) in [5.41, 5.74) is 5.82. The zero-order valence-corrected chi connectivity index (χ0v) is 8.11. The van der Waals surface area contributed by atoms with E-state index in [-0.39, 0.29) is 0 Å². The maximum Gasteiger partial charge on any atom is 0.159 e. The lowest BCUT2D eigenvalue weighted by molar-refractivity contribution is 0.505. The molecule has 0 aliphatic heterocycles. The molecule has 0 aromatic heterocycles. The normalized spacial score (nSPS) is 12.2. The maximum atomic E-state index is 12.7. The van der Waals surface area contributed by atoms with Gasteiger partial charge in [-0.3, -0.25) is 0 Å². The molecule has 0 radical (unpaired) electrons. The van der Waals surface area contributed by atoms with E-state index in [1.807, 2.05) is 0 Å². The molecule has 0 bridgehead atoms. The van der Waals surface area contributed by atoms with Crippen LogP contribution in [-0.4, -0.2) is 0 Å². The summed E-state index contributed by atoms with van der Waals surface area (Å²) in [4.78, 5) is 0. The van der Waals surface area contributed by atoms with E-state index in [1.165, 1.54) is 0 Å². The highest BCUT2D eigenvalue weighted by Gasteiger charge is 2.11. The van der Waals surface area contributed by atoms with Gasteiger partial charge >= 0.3 is 0 Å². The monoisotopic (exact) mass is 245 g/mol. The molecule has 0 aliphatic rings. The number of hydrogen-bond donors (Lipinski definition) is 1. The van der Waals surface area contributed by atoms with E-state index in [2.05, 4.69) is 21.9 Å². The molecule has 0 saturated carbocycles. The van der Waals surface area contributed by atoms with E-state index in [4.69, 9.17) is 12.2 Å². The molecule has 1 aromatic rings. The van der Waals surface area contributed by atoms with Crippen LogP contribution in [0, 0.1) is 24.0 Å². The molecule has 0 heterocycles. The Labute approximate surface area is 83.1 Å². The maximum absolute atomic E-state index is 12.7. The van der Waals surface area contributed by atoms with Crippen LogP contribution in [0.15, 0.2) is 16.6 Å². The fourth-order valence-corrected chi connectivity index (χ4v) is 1.43. The highest BCUT2D eigenvalue weighted by molar-refractivity contribution is 9.10. The Morgan fingerprint density at radius 2 is 1.92 bits per heavy atom. The number of hydrogen-bond acceptors (Lipinski definition) is 1. The van der Waals surface area contributed by atoms with Crippen LogP contribution in [0.3, 0.4) is 0 Å². The summed E-state index contributed by atoms with van der Waals surface area (Å²) < 4.78 is 25.7. The second kappa shape index (κ2) is 3.86. The summed E-state index contributed by atoms with van der Waals surface area (Å²) in [6, 6.07) is 1.26. The smallest absolute Gasteiger partial charge is 0.159 e. The number of nitrogens with two attached hydrogens (primary N) is 1. The lowest BCUT2D eigenvalue weighted by Crippen LogP contribution is -2.08. The molecular weight excluding hydrogens is 240 g/mol. The first-order valence-electron chi connectivity index (χ1n) is 3.42.